The van der Waals surface area contributed by atoms with Crippen LogP contribution in [0.25, 0.3) is 10.9 Å². The van der Waals surface area contributed by atoms with Gasteiger partial charge in [-0.15, -0.1) is 0 Å². The summed E-state index contributed by atoms with van der Waals surface area (Å²) in [6, 6.07) is 19.1. The number of carbonyl (C=O) groups is 1. The Bertz CT molecular complexity index is 1110. The lowest BCUT2D eigenvalue weighted by atomic mass is 10.1. The monoisotopic (exact) mass is 401 g/mol. The maximum absolute atomic E-state index is 12.3. The van der Waals surface area contributed by atoms with Crippen LogP contribution in [0.15, 0.2) is 89.3 Å². The summed E-state index contributed by atoms with van der Waals surface area (Å²) in [4.78, 5) is 25.3. The second-order valence-electron chi connectivity index (χ2n) is 6.28. The quantitative estimate of drug-likeness (QED) is 0.496. The third kappa shape index (κ3) is 5.08. The van der Waals surface area contributed by atoms with Crippen molar-refractivity contribution in [1.29, 1.82) is 0 Å². The molecule has 0 aliphatic carbocycles. The largest absolute Gasteiger partial charge is 0.338 e. The summed E-state index contributed by atoms with van der Waals surface area (Å²) in [6.07, 6.45) is 5.90. The van der Waals surface area contributed by atoms with E-state index < -0.39 is 0 Å². The highest BCUT2D eigenvalue weighted by Crippen LogP contribution is 2.25. The molecule has 3 heterocycles. The standard InChI is InChI=1S/C22H19N5OS/c28-22(26-13-9-17-6-3-5-16-7-4-12-25-21(16)17)27-18-10-14-24-20(15-18)29-19-8-1-2-11-23-19/h1-8,10-12,14-15H,9,13H2,(H2,24,26,27,28). The molecule has 0 aliphatic heterocycles. The van der Waals surface area contributed by atoms with Gasteiger partial charge in [-0.3, -0.25) is 4.98 Å². The first kappa shape index (κ1) is 18.9. The number of benzene rings is 1. The van der Waals surface area contributed by atoms with Gasteiger partial charge >= 0.3 is 6.03 Å². The van der Waals surface area contributed by atoms with Gasteiger partial charge in [0.1, 0.15) is 10.1 Å². The summed E-state index contributed by atoms with van der Waals surface area (Å²) in [5, 5.41) is 8.47. The number of hydrogen-bond acceptors (Lipinski definition) is 5. The van der Waals surface area contributed by atoms with Crippen molar-refractivity contribution >= 4 is 34.4 Å². The van der Waals surface area contributed by atoms with Gasteiger partial charge in [0, 0.05) is 36.2 Å². The van der Waals surface area contributed by atoms with E-state index in [2.05, 4.69) is 25.6 Å². The number of urea groups is 1. The second kappa shape index (κ2) is 9.16. The predicted molar refractivity (Wildman–Crippen MR) is 115 cm³/mol. The highest BCUT2D eigenvalue weighted by molar-refractivity contribution is 7.99. The number of para-hydroxylation sites is 1. The molecule has 2 amide bonds. The minimum Gasteiger partial charge on any atom is -0.338 e. The van der Waals surface area contributed by atoms with E-state index in [0.717, 1.165) is 26.5 Å². The maximum atomic E-state index is 12.3. The lowest BCUT2D eigenvalue weighted by molar-refractivity contribution is 0.252. The topological polar surface area (TPSA) is 79.8 Å². The molecule has 144 valence electrons. The fourth-order valence-electron chi connectivity index (χ4n) is 2.91. The number of nitrogens with zero attached hydrogens (tertiary/aromatic N) is 3. The van der Waals surface area contributed by atoms with E-state index in [-0.39, 0.29) is 6.03 Å². The van der Waals surface area contributed by atoms with Crippen molar-refractivity contribution in [3.8, 4) is 0 Å². The van der Waals surface area contributed by atoms with Gasteiger partial charge in [-0.25, -0.2) is 14.8 Å². The maximum Gasteiger partial charge on any atom is 0.319 e. The Labute approximate surface area is 172 Å². The first-order chi connectivity index (χ1) is 14.3. The molecule has 0 saturated heterocycles. The zero-order chi connectivity index (χ0) is 19.9. The average molecular weight is 401 g/mol. The van der Waals surface area contributed by atoms with Crippen LogP contribution in [-0.2, 0) is 6.42 Å². The number of aromatic nitrogens is 3. The van der Waals surface area contributed by atoms with E-state index >= 15 is 0 Å². The Morgan fingerprint density at radius 3 is 2.62 bits per heavy atom. The molecule has 4 aromatic rings. The Balaban J connectivity index is 1.32. The summed E-state index contributed by atoms with van der Waals surface area (Å²) in [7, 11) is 0. The zero-order valence-corrected chi connectivity index (χ0v) is 16.4. The van der Waals surface area contributed by atoms with Crippen LogP contribution in [0.2, 0.25) is 0 Å². The van der Waals surface area contributed by atoms with Gasteiger partial charge in [-0.2, -0.15) is 0 Å². The van der Waals surface area contributed by atoms with Crippen molar-refractivity contribution < 1.29 is 4.79 Å². The van der Waals surface area contributed by atoms with Crippen molar-refractivity contribution in [1.82, 2.24) is 20.3 Å². The number of hydrogen-bond donors (Lipinski definition) is 2. The third-order valence-electron chi connectivity index (χ3n) is 4.24. The summed E-state index contributed by atoms with van der Waals surface area (Å²) in [5.41, 5.74) is 2.77. The molecule has 0 aliphatic rings. The molecule has 1 aromatic carbocycles. The molecule has 4 rings (SSSR count). The molecule has 0 bridgehead atoms. The van der Waals surface area contributed by atoms with Crippen molar-refractivity contribution in [2.24, 2.45) is 0 Å². The Morgan fingerprint density at radius 2 is 1.72 bits per heavy atom. The average Bonchev–Trinajstić information content (AvgIpc) is 2.75. The van der Waals surface area contributed by atoms with Crippen molar-refractivity contribution in [2.75, 3.05) is 11.9 Å². The number of amides is 2. The molecule has 0 radical (unpaired) electrons. The lowest BCUT2D eigenvalue weighted by Gasteiger charge is -2.09. The van der Waals surface area contributed by atoms with Crippen molar-refractivity contribution in [3.05, 3.63) is 84.8 Å². The van der Waals surface area contributed by atoms with Gasteiger partial charge in [0.25, 0.3) is 0 Å². The summed E-state index contributed by atoms with van der Waals surface area (Å²) < 4.78 is 0. The smallest absolute Gasteiger partial charge is 0.319 e. The summed E-state index contributed by atoms with van der Waals surface area (Å²) in [6.45, 7) is 0.516. The molecular weight excluding hydrogens is 382 g/mol. The van der Waals surface area contributed by atoms with Crippen LogP contribution in [0.1, 0.15) is 5.56 Å². The molecule has 0 spiro atoms. The van der Waals surface area contributed by atoms with E-state index in [4.69, 9.17) is 0 Å². The van der Waals surface area contributed by atoms with Crippen LogP contribution in [0, 0.1) is 0 Å². The van der Waals surface area contributed by atoms with Gasteiger partial charge in [-0.05, 0) is 42.3 Å². The Hall–Kier alpha value is -3.45. The minimum absolute atomic E-state index is 0.252. The number of rotatable bonds is 6. The van der Waals surface area contributed by atoms with Gasteiger partial charge in [0.2, 0.25) is 0 Å². The third-order valence-corrected chi connectivity index (χ3v) is 5.12. The molecule has 0 unspecified atom stereocenters. The normalized spacial score (nSPS) is 10.6. The first-order valence-electron chi connectivity index (χ1n) is 9.20. The van der Waals surface area contributed by atoms with E-state index in [1.165, 1.54) is 11.8 Å². The molecule has 0 fully saturated rings. The van der Waals surface area contributed by atoms with Gasteiger partial charge < -0.3 is 10.6 Å². The fraction of sp³-hybridized carbons (Fsp3) is 0.0909. The van der Waals surface area contributed by atoms with Crippen LogP contribution in [0.5, 0.6) is 0 Å². The molecule has 2 N–H and O–H groups in total. The SMILES string of the molecule is O=C(NCCc1cccc2cccnc12)Nc1ccnc(Sc2ccccn2)c1. The van der Waals surface area contributed by atoms with E-state index in [9.17, 15) is 4.79 Å². The van der Waals surface area contributed by atoms with Crippen molar-refractivity contribution in [3.63, 3.8) is 0 Å². The number of anilines is 1. The molecule has 6 nitrogen and oxygen atoms in total. The summed E-state index contributed by atoms with van der Waals surface area (Å²) in [5.74, 6) is 0. The fourth-order valence-corrected chi connectivity index (χ4v) is 3.69. The first-order valence-corrected chi connectivity index (χ1v) is 10.0. The Morgan fingerprint density at radius 1 is 0.862 bits per heavy atom. The van der Waals surface area contributed by atoms with Crippen LogP contribution >= 0.6 is 11.8 Å². The lowest BCUT2D eigenvalue weighted by Crippen LogP contribution is -2.30. The van der Waals surface area contributed by atoms with Crippen LogP contribution in [-0.4, -0.2) is 27.5 Å². The van der Waals surface area contributed by atoms with Gasteiger partial charge in [0.15, 0.2) is 0 Å². The van der Waals surface area contributed by atoms with Crippen LogP contribution < -0.4 is 10.6 Å². The van der Waals surface area contributed by atoms with E-state index in [0.29, 0.717) is 18.7 Å². The molecule has 0 atom stereocenters. The number of pyridine rings is 3. The molecule has 0 saturated carbocycles. The van der Waals surface area contributed by atoms with Crippen molar-refractivity contribution in [2.45, 2.75) is 16.5 Å². The molecule has 3 aromatic heterocycles. The number of carbonyl (C=O) groups excluding carboxylic acids is 1. The van der Waals surface area contributed by atoms with E-state index in [1.54, 1.807) is 24.7 Å². The van der Waals surface area contributed by atoms with Crippen LogP contribution in [0.3, 0.4) is 0 Å². The number of fused-ring (bicyclic) bond motifs is 1. The number of nitrogens with one attached hydrogen (secondary N) is 2. The Kier molecular flexibility index (Phi) is 5.97. The van der Waals surface area contributed by atoms with Gasteiger partial charge in [0.05, 0.1) is 5.52 Å². The van der Waals surface area contributed by atoms with E-state index in [1.807, 2.05) is 54.6 Å². The highest BCUT2D eigenvalue weighted by atomic mass is 32.2. The summed E-state index contributed by atoms with van der Waals surface area (Å²) >= 11 is 1.44. The molecular formula is C22H19N5OS. The molecule has 29 heavy (non-hydrogen) atoms. The predicted octanol–water partition coefficient (Wildman–Crippen LogP) is 4.54. The minimum atomic E-state index is -0.252. The van der Waals surface area contributed by atoms with Gasteiger partial charge in [-0.1, -0.05) is 42.1 Å². The zero-order valence-electron chi connectivity index (χ0n) is 15.6. The molecule has 7 heteroatoms. The second-order valence-corrected chi connectivity index (χ2v) is 7.32. The van der Waals surface area contributed by atoms with Crippen LogP contribution in [0.4, 0.5) is 10.5 Å². The highest BCUT2D eigenvalue weighted by Gasteiger charge is 2.06.